The van der Waals surface area contributed by atoms with E-state index in [1.807, 2.05) is 35.0 Å². The first kappa shape index (κ1) is 15.8. The van der Waals surface area contributed by atoms with E-state index in [1.165, 1.54) is 5.56 Å². The fourth-order valence-electron chi connectivity index (χ4n) is 2.15. The minimum atomic E-state index is -0.155. The summed E-state index contributed by atoms with van der Waals surface area (Å²) in [5, 5.41) is 2.82. The van der Waals surface area contributed by atoms with Crippen molar-refractivity contribution in [3.63, 3.8) is 0 Å². The summed E-state index contributed by atoms with van der Waals surface area (Å²) in [6.45, 7) is 10.1. The van der Waals surface area contributed by atoms with Crippen LogP contribution in [0.1, 0.15) is 24.0 Å². The molecule has 4 nitrogen and oxygen atoms in total. The van der Waals surface area contributed by atoms with Gasteiger partial charge in [0.1, 0.15) is 5.82 Å². The summed E-state index contributed by atoms with van der Waals surface area (Å²) in [4.78, 5) is 16.2. The molecule has 0 bridgehead atoms. The molecule has 1 N–H and O–H groups in total. The lowest BCUT2D eigenvalue weighted by molar-refractivity contribution is -0.117. The predicted octanol–water partition coefficient (Wildman–Crippen LogP) is 2.85. The summed E-state index contributed by atoms with van der Waals surface area (Å²) >= 11 is 0. The normalized spacial score (nSPS) is 10.2. The number of nitrogens with one attached hydrogen (secondary N) is 1. The van der Waals surface area contributed by atoms with Crippen LogP contribution >= 0.6 is 0 Å². The van der Waals surface area contributed by atoms with Gasteiger partial charge < -0.3 is 9.88 Å². The summed E-state index contributed by atoms with van der Waals surface area (Å²) < 4.78 is 2.00. The highest BCUT2D eigenvalue weighted by Gasteiger charge is 2.09. The molecule has 4 heteroatoms. The van der Waals surface area contributed by atoms with Gasteiger partial charge in [-0.3, -0.25) is 4.79 Å². The Hall–Kier alpha value is -2.62. The van der Waals surface area contributed by atoms with Crippen molar-refractivity contribution in [3.8, 4) is 0 Å². The van der Waals surface area contributed by atoms with Gasteiger partial charge in [-0.25, -0.2) is 4.98 Å². The van der Waals surface area contributed by atoms with Crippen LogP contribution in [0.4, 0.5) is 0 Å². The number of hydrogen-bond donors (Lipinski definition) is 1. The van der Waals surface area contributed by atoms with Crippen molar-refractivity contribution in [3.05, 3.63) is 78.4 Å². The van der Waals surface area contributed by atoms with Crippen molar-refractivity contribution in [1.82, 2.24) is 14.9 Å². The zero-order valence-electron chi connectivity index (χ0n) is 12.9. The standard InChI is InChI=1S/C18H21N3O/c1-4-10-21-13-16(11-15-8-6-5-7-9-15)20-17(21)12-19-18(22)14(2)3/h4-9,13H,1-2,10-12H2,3H3,(H,19,22). The lowest BCUT2D eigenvalue weighted by Crippen LogP contribution is -2.24. The molecular formula is C18H21N3O. The van der Waals surface area contributed by atoms with E-state index in [1.54, 1.807) is 6.92 Å². The fourth-order valence-corrected chi connectivity index (χ4v) is 2.15. The molecule has 0 saturated heterocycles. The maximum Gasteiger partial charge on any atom is 0.246 e. The van der Waals surface area contributed by atoms with Gasteiger partial charge in [0.2, 0.25) is 5.91 Å². The van der Waals surface area contributed by atoms with Gasteiger partial charge in [0, 0.05) is 24.7 Å². The number of aromatic nitrogens is 2. The predicted molar refractivity (Wildman–Crippen MR) is 88.3 cm³/mol. The number of hydrogen-bond acceptors (Lipinski definition) is 2. The molecule has 1 amide bonds. The van der Waals surface area contributed by atoms with Crippen LogP contribution in [-0.4, -0.2) is 15.5 Å². The van der Waals surface area contributed by atoms with Crippen molar-refractivity contribution in [2.75, 3.05) is 0 Å². The smallest absolute Gasteiger partial charge is 0.246 e. The fraction of sp³-hybridized carbons (Fsp3) is 0.222. The number of rotatable bonds is 7. The number of benzene rings is 1. The highest BCUT2D eigenvalue weighted by molar-refractivity contribution is 5.91. The Morgan fingerprint density at radius 2 is 2.09 bits per heavy atom. The van der Waals surface area contributed by atoms with E-state index in [2.05, 4.69) is 35.6 Å². The van der Waals surface area contributed by atoms with Crippen molar-refractivity contribution in [1.29, 1.82) is 0 Å². The number of amides is 1. The van der Waals surface area contributed by atoms with Crippen LogP contribution in [0.5, 0.6) is 0 Å². The molecule has 0 atom stereocenters. The highest BCUT2D eigenvalue weighted by atomic mass is 16.1. The number of carbonyl (C=O) groups is 1. The molecule has 0 aliphatic heterocycles. The number of carbonyl (C=O) groups excluding carboxylic acids is 1. The lowest BCUT2D eigenvalue weighted by atomic mass is 10.1. The van der Waals surface area contributed by atoms with Gasteiger partial charge in [-0.1, -0.05) is 43.0 Å². The molecule has 0 unspecified atom stereocenters. The van der Waals surface area contributed by atoms with E-state index in [9.17, 15) is 4.79 Å². The molecule has 0 fully saturated rings. The van der Waals surface area contributed by atoms with E-state index < -0.39 is 0 Å². The number of nitrogens with zero attached hydrogens (tertiary/aromatic N) is 2. The Kier molecular flexibility index (Phi) is 5.31. The summed E-state index contributed by atoms with van der Waals surface area (Å²) in [6.07, 6.45) is 4.60. The van der Waals surface area contributed by atoms with Crippen molar-refractivity contribution in [2.24, 2.45) is 0 Å². The average Bonchev–Trinajstić information content (AvgIpc) is 2.88. The maximum atomic E-state index is 11.6. The molecule has 0 spiro atoms. The first-order valence-corrected chi connectivity index (χ1v) is 7.23. The molecule has 1 aromatic heterocycles. The second-order valence-electron chi connectivity index (χ2n) is 5.21. The first-order valence-electron chi connectivity index (χ1n) is 7.23. The van der Waals surface area contributed by atoms with E-state index in [0.717, 1.165) is 17.9 Å². The van der Waals surface area contributed by atoms with Crippen LogP contribution in [0.15, 0.2) is 61.3 Å². The number of imidazole rings is 1. The third-order valence-corrected chi connectivity index (χ3v) is 3.26. The minimum Gasteiger partial charge on any atom is -0.345 e. The molecule has 2 rings (SSSR count). The molecule has 114 valence electrons. The molecule has 2 aromatic rings. The van der Waals surface area contributed by atoms with Crippen LogP contribution in [0.25, 0.3) is 0 Å². The Bertz CT molecular complexity index is 671. The SMILES string of the molecule is C=CCn1cc(Cc2ccccc2)nc1CNC(=O)C(=C)C. The van der Waals surface area contributed by atoms with Crippen LogP contribution in [0.3, 0.4) is 0 Å². The second-order valence-corrected chi connectivity index (χ2v) is 5.21. The molecule has 0 radical (unpaired) electrons. The first-order chi connectivity index (χ1) is 10.6. The lowest BCUT2D eigenvalue weighted by Gasteiger charge is -2.06. The van der Waals surface area contributed by atoms with Crippen molar-refractivity contribution < 1.29 is 4.79 Å². The Labute approximate surface area is 131 Å². The maximum absolute atomic E-state index is 11.6. The molecule has 22 heavy (non-hydrogen) atoms. The van der Waals surface area contributed by atoms with Crippen LogP contribution in [0.2, 0.25) is 0 Å². The van der Waals surface area contributed by atoms with Crippen LogP contribution in [0, 0.1) is 0 Å². The molecule has 0 aliphatic carbocycles. The van der Waals surface area contributed by atoms with E-state index in [0.29, 0.717) is 18.7 Å². The Morgan fingerprint density at radius 1 is 1.36 bits per heavy atom. The topological polar surface area (TPSA) is 46.9 Å². The van der Waals surface area contributed by atoms with Gasteiger partial charge in [0.05, 0.1) is 12.2 Å². The number of allylic oxidation sites excluding steroid dienone is 1. The van der Waals surface area contributed by atoms with Crippen molar-refractivity contribution in [2.45, 2.75) is 26.4 Å². The van der Waals surface area contributed by atoms with Gasteiger partial charge in [0.25, 0.3) is 0 Å². The van der Waals surface area contributed by atoms with Crippen molar-refractivity contribution >= 4 is 5.91 Å². The molecule has 0 aliphatic rings. The monoisotopic (exact) mass is 295 g/mol. The third-order valence-electron chi connectivity index (χ3n) is 3.26. The summed E-state index contributed by atoms with van der Waals surface area (Å²) in [6, 6.07) is 10.2. The van der Waals surface area contributed by atoms with Gasteiger partial charge in [-0.2, -0.15) is 0 Å². The molecule has 1 heterocycles. The quantitative estimate of drug-likeness (QED) is 0.630. The average molecular weight is 295 g/mol. The van der Waals surface area contributed by atoms with Crippen LogP contribution in [-0.2, 0) is 24.3 Å². The molecular weight excluding hydrogens is 274 g/mol. The van der Waals surface area contributed by atoms with Gasteiger partial charge in [-0.15, -0.1) is 6.58 Å². The summed E-state index contributed by atoms with van der Waals surface area (Å²) in [5.41, 5.74) is 2.68. The third kappa shape index (κ3) is 4.19. The Morgan fingerprint density at radius 3 is 2.73 bits per heavy atom. The zero-order chi connectivity index (χ0) is 15.9. The highest BCUT2D eigenvalue weighted by Crippen LogP contribution is 2.10. The van der Waals surface area contributed by atoms with Gasteiger partial charge >= 0.3 is 0 Å². The van der Waals surface area contributed by atoms with E-state index in [4.69, 9.17) is 0 Å². The molecule has 1 aromatic carbocycles. The van der Waals surface area contributed by atoms with E-state index in [-0.39, 0.29) is 5.91 Å². The zero-order valence-corrected chi connectivity index (χ0v) is 12.9. The second kappa shape index (κ2) is 7.41. The Balaban J connectivity index is 2.12. The largest absolute Gasteiger partial charge is 0.345 e. The van der Waals surface area contributed by atoms with E-state index >= 15 is 0 Å². The van der Waals surface area contributed by atoms with Gasteiger partial charge in [0.15, 0.2) is 0 Å². The van der Waals surface area contributed by atoms with Gasteiger partial charge in [-0.05, 0) is 12.5 Å². The summed E-state index contributed by atoms with van der Waals surface area (Å²) in [7, 11) is 0. The minimum absolute atomic E-state index is 0.155. The van der Waals surface area contributed by atoms with Crippen LogP contribution < -0.4 is 5.32 Å². The molecule has 0 saturated carbocycles. The summed E-state index contributed by atoms with van der Waals surface area (Å²) in [5.74, 6) is 0.665.